The fourth-order valence-electron chi connectivity index (χ4n) is 2.81. The van der Waals surface area contributed by atoms with E-state index in [4.69, 9.17) is 0 Å². The van der Waals surface area contributed by atoms with Gasteiger partial charge in [-0.3, -0.25) is 9.69 Å². The summed E-state index contributed by atoms with van der Waals surface area (Å²) in [5, 5.41) is 1.29. The molecular formula is C16H19ClN2O. The number of rotatable bonds is 3. The van der Waals surface area contributed by atoms with Crippen molar-refractivity contribution in [2.45, 2.75) is 32.9 Å². The van der Waals surface area contributed by atoms with Gasteiger partial charge in [0.25, 0.3) is 0 Å². The molecule has 4 heteroatoms. The van der Waals surface area contributed by atoms with E-state index in [0.29, 0.717) is 13.1 Å². The minimum atomic E-state index is 0. The number of aryl methyl sites for hydroxylation is 1. The lowest BCUT2D eigenvalue weighted by Crippen LogP contribution is -3.00. The molecule has 1 aliphatic rings. The molecule has 1 fully saturated rings. The third-order valence-corrected chi connectivity index (χ3v) is 3.89. The Bertz CT molecular complexity index is 627. The highest BCUT2D eigenvalue weighted by molar-refractivity contribution is 5.79. The summed E-state index contributed by atoms with van der Waals surface area (Å²) >= 11 is 0. The van der Waals surface area contributed by atoms with Gasteiger partial charge in [0.15, 0.2) is 6.20 Å². The molecule has 1 aromatic heterocycles. The minimum absolute atomic E-state index is 0. The molecular weight excluding hydrogens is 272 g/mol. The molecule has 1 aliphatic heterocycles. The molecule has 3 rings (SSSR count). The van der Waals surface area contributed by atoms with E-state index in [1.54, 1.807) is 0 Å². The number of hydrogen-bond donors (Lipinski definition) is 0. The summed E-state index contributed by atoms with van der Waals surface area (Å²) in [6.07, 6.45) is 4.83. The first kappa shape index (κ1) is 14.8. The molecule has 0 aliphatic carbocycles. The van der Waals surface area contributed by atoms with Crippen LogP contribution in [0.3, 0.4) is 0 Å². The van der Waals surface area contributed by atoms with Crippen molar-refractivity contribution >= 4 is 16.8 Å². The topological polar surface area (TPSA) is 24.2 Å². The Kier molecular flexibility index (Phi) is 4.61. The summed E-state index contributed by atoms with van der Waals surface area (Å²) < 4.78 is 2.18. The first-order valence-electron chi connectivity index (χ1n) is 6.97. The molecule has 0 radical (unpaired) electrons. The minimum Gasteiger partial charge on any atom is -1.00 e. The van der Waals surface area contributed by atoms with E-state index in [1.165, 1.54) is 16.5 Å². The molecule has 1 aromatic carbocycles. The van der Waals surface area contributed by atoms with Crippen molar-refractivity contribution in [3.05, 3.63) is 42.1 Å². The zero-order chi connectivity index (χ0) is 13.2. The number of aromatic nitrogens is 1. The van der Waals surface area contributed by atoms with Crippen LogP contribution in [0.25, 0.3) is 10.9 Å². The Balaban J connectivity index is 0.00000147. The molecule has 20 heavy (non-hydrogen) atoms. The van der Waals surface area contributed by atoms with E-state index in [9.17, 15) is 4.79 Å². The third kappa shape index (κ3) is 2.63. The number of likely N-dealkylation sites (tertiary alicyclic amines) is 1. The lowest BCUT2D eigenvalue weighted by molar-refractivity contribution is -0.687. The Morgan fingerprint density at radius 3 is 2.75 bits per heavy atom. The van der Waals surface area contributed by atoms with Crippen LogP contribution in [0.5, 0.6) is 0 Å². The van der Waals surface area contributed by atoms with E-state index in [0.717, 1.165) is 19.4 Å². The number of fused-ring (bicyclic) bond motifs is 1. The highest BCUT2D eigenvalue weighted by Gasteiger charge is 2.24. The van der Waals surface area contributed by atoms with Crippen LogP contribution < -0.4 is 17.0 Å². The second-order valence-corrected chi connectivity index (χ2v) is 5.08. The maximum Gasteiger partial charge on any atom is 0.227 e. The second-order valence-electron chi connectivity index (χ2n) is 5.08. The quantitative estimate of drug-likeness (QED) is 0.684. The van der Waals surface area contributed by atoms with Crippen LogP contribution in [0.15, 0.2) is 36.5 Å². The molecule has 0 N–H and O–H groups in total. The van der Waals surface area contributed by atoms with Gasteiger partial charge in [-0.2, -0.15) is 4.57 Å². The van der Waals surface area contributed by atoms with Crippen molar-refractivity contribution in [3.63, 3.8) is 0 Å². The van der Waals surface area contributed by atoms with Gasteiger partial charge in [-0.25, -0.2) is 0 Å². The summed E-state index contributed by atoms with van der Waals surface area (Å²) in [5.41, 5.74) is 2.57. The van der Waals surface area contributed by atoms with Crippen molar-refractivity contribution in [1.82, 2.24) is 4.90 Å². The van der Waals surface area contributed by atoms with Crippen LogP contribution >= 0.6 is 0 Å². The molecule has 0 saturated carbocycles. The van der Waals surface area contributed by atoms with Gasteiger partial charge in [0.1, 0.15) is 0 Å². The van der Waals surface area contributed by atoms with Gasteiger partial charge in [0, 0.05) is 30.5 Å². The summed E-state index contributed by atoms with van der Waals surface area (Å²) in [6, 6.07) is 10.6. The predicted molar refractivity (Wildman–Crippen MR) is 74.5 cm³/mol. The molecule has 3 nitrogen and oxygen atoms in total. The van der Waals surface area contributed by atoms with E-state index in [1.807, 2.05) is 4.90 Å². The number of nitrogens with zero attached hydrogens (tertiary/aromatic N) is 2. The van der Waals surface area contributed by atoms with Crippen molar-refractivity contribution in [2.75, 3.05) is 6.54 Å². The normalized spacial score (nSPS) is 14.7. The summed E-state index contributed by atoms with van der Waals surface area (Å²) in [4.78, 5) is 13.7. The van der Waals surface area contributed by atoms with Crippen molar-refractivity contribution < 1.29 is 21.8 Å². The number of hydrogen-bond acceptors (Lipinski definition) is 1. The molecule has 0 atom stereocenters. The zero-order valence-corrected chi connectivity index (χ0v) is 12.4. The lowest BCUT2D eigenvalue weighted by Gasteiger charge is -2.13. The molecule has 0 bridgehead atoms. The maximum atomic E-state index is 11.8. The van der Waals surface area contributed by atoms with E-state index in [2.05, 4.69) is 48.0 Å². The van der Waals surface area contributed by atoms with Gasteiger partial charge < -0.3 is 12.4 Å². The number of para-hydroxylation sites is 1. The summed E-state index contributed by atoms with van der Waals surface area (Å²) in [6.45, 7) is 3.73. The first-order valence-corrected chi connectivity index (χ1v) is 6.97. The average molecular weight is 291 g/mol. The number of amides is 1. The smallest absolute Gasteiger partial charge is 0.227 e. The van der Waals surface area contributed by atoms with Crippen molar-refractivity contribution in [3.8, 4) is 0 Å². The van der Waals surface area contributed by atoms with Crippen LogP contribution in [0.4, 0.5) is 0 Å². The fourth-order valence-corrected chi connectivity index (χ4v) is 2.81. The Hall–Kier alpha value is -1.61. The highest BCUT2D eigenvalue weighted by Crippen LogP contribution is 2.16. The van der Waals surface area contributed by atoms with Crippen molar-refractivity contribution in [2.24, 2.45) is 0 Å². The number of pyridine rings is 1. The van der Waals surface area contributed by atoms with Crippen LogP contribution in [0.1, 0.15) is 25.3 Å². The molecule has 1 saturated heterocycles. The average Bonchev–Trinajstić information content (AvgIpc) is 2.85. The van der Waals surface area contributed by atoms with Crippen LogP contribution in [0, 0.1) is 0 Å². The molecule has 1 amide bonds. The highest BCUT2D eigenvalue weighted by atomic mass is 35.5. The van der Waals surface area contributed by atoms with E-state index >= 15 is 0 Å². The number of halogens is 1. The Morgan fingerprint density at radius 1 is 1.25 bits per heavy atom. The predicted octanol–water partition coefficient (Wildman–Crippen LogP) is -0.726. The largest absolute Gasteiger partial charge is 1.00 e. The number of carbonyl (C=O) groups excluding carboxylic acids is 1. The fraction of sp³-hybridized carbons (Fsp3) is 0.375. The van der Waals surface area contributed by atoms with Crippen LogP contribution in [-0.4, -0.2) is 17.4 Å². The zero-order valence-electron chi connectivity index (χ0n) is 11.7. The van der Waals surface area contributed by atoms with Crippen LogP contribution in [0.2, 0.25) is 0 Å². The van der Waals surface area contributed by atoms with Gasteiger partial charge in [0.05, 0.1) is 0 Å². The van der Waals surface area contributed by atoms with Crippen LogP contribution in [-0.2, 0) is 17.9 Å². The number of carbonyl (C=O) groups is 1. The Morgan fingerprint density at radius 2 is 2.05 bits per heavy atom. The molecule has 0 spiro atoms. The number of benzene rings is 1. The molecule has 2 heterocycles. The monoisotopic (exact) mass is 290 g/mol. The standard InChI is InChI=1S/C16H19N2O.ClH/c1-2-13-9-11-17(12-18-10-5-8-16(18)19)15-7-4-3-6-14(13)15;/h3-4,6-7,9,11H,2,5,8,10,12H2,1H3;1H/q+1;/p-1. The molecule has 0 unspecified atom stereocenters. The first-order chi connectivity index (χ1) is 9.29. The molecule has 2 aromatic rings. The second kappa shape index (κ2) is 6.23. The SMILES string of the molecule is CCc1cc[n+](CN2CCCC2=O)c2ccccc12.[Cl-]. The van der Waals surface area contributed by atoms with Gasteiger partial charge in [-0.1, -0.05) is 19.1 Å². The lowest BCUT2D eigenvalue weighted by atomic mass is 10.1. The summed E-state index contributed by atoms with van der Waals surface area (Å²) in [5.74, 6) is 0.274. The van der Waals surface area contributed by atoms with Gasteiger partial charge in [0.2, 0.25) is 18.1 Å². The van der Waals surface area contributed by atoms with Gasteiger partial charge >= 0.3 is 0 Å². The Labute approximate surface area is 125 Å². The van der Waals surface area contributed by atoms with Gasteiger partial charge in [-0.05, 0) is 24.5 Å². The third-order valence-electron chi connectivity index (χ3n) is 3.89. The molecule has 106 valence electrons. The maximum absolute atomic E-state index is 11.8. The van der Waals surface area contributed by atoms with E-state index in [-0.39, 0.29) is 18.3 Å². The van der Waals surface area contributed by atoms with E-state index < -0.39 is 0 Å². The van der Waals surface area contributed by atoms with Gasteiger partial charge in [-0.15, -0.1) is 0 Å². The summed E-state index contributed by atoms with van der Waals surface area (Å²) in [7, 11) is 0. The van der Waals surface area contributed by atoms with Crippen molar-refractivity contribution in [1.29, 1.82) is 0 Å².